The summed E-state index contributed by atoms with van der Waals surface area (Å²) in [7, 11) is 0. The number of benzene rings is 15. The van der Waals surface area contributed by atoms with Gasteiger partial charge in [0, 0.05) is 33.8 Å². The summed E-state index contributed by atoms with van der Waals surface area (Å²) < 4.78 is 0. The third-order valence-corrected chi connectivity index (χ3v) is 19.4. The predicted molar refractivity (Wildman–Crippen MR) is 384 cm³/mol. The second-order valence-electron chi connectivity index (χ2n) is 24.2. The Hall–Kier alpha value is -11.8. The van der Waals surface area contributed by atoms with Gasteiger partial charge in [0.1, 0.15) is 0 Å². The fraction of sp³-hybridized carbons (Fsp3) is 0.0222. The Balaban J connectivity index is 0.813. The van der Waals surface area contributed by atoms with E-state index < -0.39 is 10.8 Å². The average molecular weight is 1170 g/mol. The van der Waals surface area contributed by atoms with Gasteiger partial charge in [0.05, 0.1) is 16.5 Å². The quantitative estimate of drug-likeness (QED) is 0.114. The molecule has 17 rings (SSSR count). The Morgan fingerprint density at radius 3 is 0.913 bits per heavy atom. The molecular weight excluding hydrogens is 1110 g/mol. The Morgan fingerprint density at radius 2 is 0.478 bits per heavy atom. The third kappa shape index (κ3) is 8.78. The maximum atomic E-state index is 2.48. The fourth-order valence-electron chi connectivity index (χ4n) is 15.4. The SMILES string of the molecule is c1ccc(-c2ccc(N(c3ccc(-c4cccc5c(N(c6ccc(-c7ccccc7)cc6)c6ccc7c(c6)C(c6ccccc6)(c6ccccc6)c6ccccc6-7)cccc45)cc3)c3ccc4c(c3)C(c3ccccc3)(c3ccccc3)c3ccccc3-4)cc2)cc1. The third-order valence-electron chi connectivity index (χ3n) is 19.4. The van der Waals surface area contributed by atoms with Crippen LogP contribution in [-0.2, 0) is 10.8 Å². The zero-order valence-corrected chi connectivity index (χ0v) is 50.7. The first kappa shape index (κ1) is 54.3. The van der Waals surface area contributed by atoms with Crippen LogP contribution in [0.4, 0.5) is 34.1 Å². The summed E-state index contributed by atoms with van der Waals surface area (Å²) in [5.41, 5.74) is 27.5. The van der Waals surface area contributed by atoms with Crippen LogP contribution in [0.2, 0.25) is 0 Å². The number of nitrogens with zero attached hydrogens (tertiary/aromatic N) is 2. The van der Waals surface area contributed by atoms with Gasteiger partial charge in [-0.25, -0.2) is 0 Å². The van der Waals surface area contributed by atoms with E-state index in [2.05, 4.69) is 386 Å². The average Bonchev–Trinajstić information content (AvgIpc) is 1.54. The Bertz CT molecular complexity index is 5090. The van der Waals surface area contributed by atoms with Crippen LogP contribution in [0.3, 0.4) is 0 Å². The summed E-state index contributed by atoms with van der Waals surface area (Å²) in [4.78, 5) is 4.92. The van der Waals surface area contributed by atoms with Crippen molar-refractivity contribution in [1.29, 1.82) is 0 Å². The van der Waals surface area contributed by atoms with Crippen molar-refractivity contribution in [2.45, 2.75) is 10.8 Å². The lowest BCUT2D eigenvalue weighted by molar-refractivity contribution is 0.768. The van der Waals surface area contributed by atoms with E-state index in [1.807, 2.05) is 0 Å². The monoisotopic (exact) mass is 1170 g/mol. The van der Waals surface area contributed by atoms with Crippen molar-refractivity contribution in [3.8, 4) is 55.6 Å². The molecule has 0 radical (unpaired) electrons. The second kappa shape index (κ2) is 22.6. The molecule has 92 heavy (non-hydrogen) atoms. The van der Waals surface area contributed by atoms with Crippen molar-refractivity contribution >= 4 is 44.9 Å². The standard InChI is InChI=1S/C90H62N2/c1-7-25-63(26-8-1)65-45-51-72(52-46-65)91(75-57-59-81-79-37-19-21-42-84(79)89(86(81)61-75,68-29-11-3-12-30-68)69-31-13-4-14-32-69)73-55-49-67(50-56-73)77-39-23-41-83-78(77)40-24-44-88(83)92(74-53-47-66(48-54-74)64-27-9-2-10-28-64)76-58-60-82-80-38-20-22-43-85(80)90(87(82)62-76,70-33-15-5-16-34-70)71-35-17-6-18-36-71/h1-62H. The molecule has 0 fully saturated rings. The molecule has 0 aliphatic heterocycles. The first-order valence-corrected chi connectivity index (χ1v) is 31.9. The van der Waals surface area contributed by atoms with Crippen LogP contribution in [0, 0.1) is 0 Å². The summed E-state index contributed by atoms with van der Waals surface area (Å²) in [5.74, 6) is 0. The largest absolute Gasteiger partial charge is 0.310 e. The van der Waals surface area contributed by atoms with E-state index in [0.29, 0.717) is 0 Å². The zero-order chi connectivity index (χ0) is 61.0. The molecule has 0 atom stereocenters. The molecule has 15 aromatic carbocycles. The van der Waals surface area contributed by atoms with Crippen LogP contribution in [0.15, 0.2) is 376 Å². The highest BCUT2D eigenvalue weighted by Gasteiger charge is 2.48. The van der Waals surface area contributed by atoms with Gasteiger partial charge in [-0.15, -0.1) is 0 Å². The van der Waals surface area contributed by atoms with Gasteiger partial charge in [-0.3, -0.25) is 0 Å². The molecule has 2 aliphatic carbocycles. The molecule has 2 nitrogen and oxygen atoms in total. The van der Waals surface area contributed by atoms with Crippen LogP contribution < -0.4 is 9.80 Å². The predicted octanol–water partition coefficient (Wildman–Crippen LogP) is 23.5. The number of anilines is 6. The van der Waals surface area contributed by atoms with Crippen molar-refractivity contribution in [3.63, 3.8) is 0 Å². The van der Waals surface area contributed by atoms with Gasteiger partial charge in [0.2, 0.25) is 0 Å². The van der Waals surface area contributed by atoms with Crippen LogP contribution in [0.25, 0.3) is 66.4 Å². The molecule has 0 aromatic heterocycles. The maximum Gasteiger partial charge on any atom is 0.0714 e. The van der Waals surface area contributed by atoms with Crippen LogP contribution in [0.5, 0.6) is 0 Å². The molecule has 0 saturated heterocycles. The Labute approximate surface area is 538 Å². The summed E-state index contributed by atoms with van der Waals surface area (Å²) >= 11 is 0. The fourth-order valence-corrected chi connectivity index (χ4v) is 15.4. The van der Waals surface area contributed by atoms with Crippen LogP contribution in [0.1, 0.15) is 44.5 Å². The van der Waals surface area contributed by atoms with Crippen molar-refractivity contribution in [3.05, 3.63) is 421 Å². The summed E-state index contributed by atoms with van der Waals surface area (Å²) in [6.07, 6.45) is 0. The smallest absolute Gasteiger partial charge is 0.0714 e. The van der Waals surface area contributed by atoms with Crippen LogP contribution >= 0.6 is 0 Å². The van der Waals surface area contributed by atoms with E-state index >= 15 is 0 Å². The molecule has 15 aromatic rings. The molecule has 0 unspecified atom stereocenters. The van der Waals surface area contributed by atoms with Gasteiger partial charge in [0.15, 0.2) is 0 Å². The minimum atomic E-state index is -0.562. The summed E-state index contributed by atoms with van der Waals surface area (Å²) in [5, 5.41) is 2.33. The van der Waals surface area contributed by atoms with Gasteiger partial charge in [-0.05, 0) is 172 Å². The molecule has 2 aliphatic rings. The molecule has 0 N–H and O–H groups in total. The van der Waals surface area contributed by atoms with E-state index in [0.717, 1.165) is 50.6 Å². The Kier molecular flexibility index (Phi) is 13.4. The molecule has 0 bridgehead atoms. The summed E-state index contributed by atoms with van der Waals surface area (Å²) in [6.45, 7) is 0. The van der Waals surface area contributed by atoms with Crippen molar-refractivity contribution in [2.24, 2.45) is 0 Å². The topological polar surface area (TPSA) is 6.48 Å². The van der Waals surface area contributed by atoms with E-state index in [9.17, 15) is 0 Å². The molecule has 2 heteroatoms. The first-order valence-electron chi connectivity index (χ1n) is 31.9. The summed E-state index contributed by atoms with van der Waals surface area (Å²) in [6, 6.07) is 139. The van der Waals surface area contributed by atoms with E-state index in [4.69, 9.17) is 0 Å². The van der Waals surface area contributed by atoms with E-state index in [1.54, 1.807) is 0 Å². The molecule has 0 heterocycles. The molecule has 432 valence electrons. The van der Waals surface area contributed by atoms with Crippen molar-refractivity contribution in [1.82, 2.24) is 0 Å². The van der Waals surface area contributed by atoms with Gasteiger partial charge in [-0.2, -0.15) is 0 Å². The van der Waals surface area contributed by atoms with Gasteiger partial charge < -0.3 is 9.80 Å². The van der Waals surface area contributed by atoms with Gasteiger partial charge >= 0.3 is 0 Å². The normalized spacial score (nSPS) is 13.0. The minimum absolute atomic E-state index is 0.549. The van der Waals surface area contributed by atoms with Crippen molar-refractivity contribution < 1.29 is 0 Å². The van der Waals surface area contributed by atoms with Gasteiger partial charge in [0.25, 0.3) is 0 Å². The van der Waals surface area contributed by atoms with Crippen molar-refractivity contribution in [2.75, 3.05) is 9.80 Å². The Morgan fingerprint density at radius 1 is 0.174 bits per heavy atom. The number of fused-ring (bicyclic) bond motifs is 7. The lowest BCUT2D eigenvalue weighted by atomic mass is 9.67. The minimum Gasteiger partial charge on any atom is -0.310 e. The van der Waals surface area contributed by atoms with Gasteiger partial charge in [-0.1, -0.05) is 309 Å². The number of hydrogen-bond donors (Lipinski definition) is 0. The van der Waals surface area contributed by atoms with Crippen LogP contribution in [-0.4, -0.2) is 0 Å². The molecule has 0 amide bonds. The van der Waals surface area contributed by atoms with E-state index in [-0.39, 0.29) is 0 Å². The highest BCUT2D eigenvalue weighted by molar-refractivity contribution is 6.06. The maximum absolute atomic E-state index is 2.48. The number of rotatable bonds is 13. The number of hydrogen-bond acceptors (Lipinski definition) is 2. The highest BCUT2D eigenvalue weighted by atomic mass is 15.1. The van der Waals surface area contributed by atoms with E-state index in [1.165, 1.54) is 94.4 Å². The second-order valence-corrected chi connectivity index (χ2v) is 24.2. The highest BCUT2D eigenvalue weighted by Crippen LogP contribution is 2.59. The zero-order valence-electron chi connectivity index (χ0n) is 50.7. The molecule has 0 spiro atoms. The lowest BCUT2D eigenvalue weighted by Gasteiger charge is -2.35. The molecular formula is C90H62N2. The lowest BCUT2D eigenvalue weighted by Crippen LogP contribution is -2.28. The molecule has 0 saturated carbocycles. The first-order chi connectivity index (χ1) is 45.6.